The fourth-order valence-electron chi connectivity index (χ4n) is 6.64. The van der Waals surface area contributed by atoms with E-state index in [1.165, 1.54) is 18.4 Å². The highest BCUT2D eigenvalue weighted by Gasteiger charge is 2.72. The van der Waals surface area contributed by atoms with Crippen LogP contribution in [0.5, 0.6) is 11.5 Å². The fraction of sp³-hybridized carbons (Fsp3) is 0.700. The molecule has 2 N–H and O–H groups in total. The number of hydrogen-bond donors (Lipinski definition) is 2. The maximum absolute atomic E-state index is 12.2. The number of rotatable bonds is 3. The normalized spacial score (nSPS) is 41.4. The van der Waals surface area contributed by atoms with Gasteiger partial charge in [-0.05, 0) is 68.1 Å². The Balaban J connectivity index is 1.56. The van der Waals surface area contributed by atoms with Gasteiger partial charge in [0, 0.05) is 23.1 Å². The summed E-state index contributed by atoms with van der Waals surface area (Å²) in [6.07, 6.45) is 4.98. The second-order valence-electron chi connectivity index (χ2n) is 9.10. The summed E-state index contributed by atoms with van der Waals surface area (Å²) >= 11 is 0. The highest BCUT2D eigenvalue weighted by molar-refractivity contribution is 5.62. The number of nitrogens with zero attached hydrogens (tertiary/aromatic N) is 4. The van der Waals surface area contributed by atoms with E-state index >= 15 is 0 Å². The van der Waals surface area contributed by atoms with Crippen LogP contribution in [0.3, 0.4) is 0 Å². The van der Waals surface area contributed by atoms with Crippen molar-refractivity contribution in [1.82, 2.24) is 4.90 Å². The van der Waals surface area contributed by atoms with Gasteiger partial charge >= 0.3 is 0 Å². The fourth-order valence-corrected chi connectivity index (χ4v) is 6.64. The van der Waals surface area contributed by atoms with E-state index in [-0.39, 0.29) is 17.8 Å². The monoisotopic (exact) mass is 368 g/mol. The molecular formula is C20H24N4O3. The van der Waals surface area contributed by atoms with Crippen LogP contribution < -0.4 is 4.74 Å². The van der Waals surface area contributed by atoms with Gasteiger partial charge in [0.05, 0.1) is 17.1 Å². The Hall–Kier alpha value is -1.95. The number of aromatic hydroxyl groups is 1. The topological polar surface area (TPSA) is 102 Å². The molecule has 0 amide bonds. The molecule has 0 aromatic heterocycles. The molecular weight excluding hydrogens is 344 g/mol. The number of phenols is 1. The first-order valence-electron chi connectivity index (χ1n) is 10.1. The zero-order valence-corrected chi connectivity index (χ0v) is 15.2. The molecule has 5 aliphatic rings. The van der Waals surface area contributed by atoms with Crippen molar-refractivity contribution < 1.29 is 14.9 Å². The predicted molar refractivity (Wildman–Crippen MR) is 97.7 cm³/mol. The molecule has 3 aliphatic carbocycles. The standard InChI is InChI=1S/C20H24N4O3/c21-23-22-13-5-6-20(26)15-9-12-3-4-14(25)17-16(12)19(20,18(13)27-17)7-8-24(15)10-11-1-2-11/h3-4,11,13,15,18,25-26H,1-2,5-10H2/t13-,15-,18+,19+,20-/m1/s1. The third-order valence-corrected chi connectivity index (χ3v) is 7.93. The first kappa shape index (κ1) is 16.0. The minimum absolute atomic E-state index is 0.0629. The summed E-state index contributed by atoms with van der Waals surface area (Å²) in [6, 6.07) is 3.44. The van der Waals surface area contributed by atoms with Crippen LogP contribution >= 0.6 is 0 Å². The molecule has 1 aromatic rings. The largest absolute Gasteiger partial charge is 0.504 e. The van der Waals surface area contributed by atoms with Crippen LogP contribution in [-0.4, -0.2) is 52.0 Å². The van der Waals surface area contributed by atoms with Gasteiger partial charge in [0.1, 0.15) is 6.10 Å². The number of azide groups is 1. The first-order chi connectivity index (χ1) is 13.1. The molecule has 1 spiro atoms. The molecule has 2 saturated carbocycles. The minimum atomic E-state index is -0.904. The van der Waals surface area contributed by atoms with Gasteiger partial charge in [0.2, 0.25) is 0 Å². The highest BCUT2D eigenvalue weighted by Crippen LogP contribution is 2.65. The van der Waals surface area contributed by atoms with E-state index in [0.717, 1.165) is 37.4 Å². The van der Waals surface area contributed by atoms with E-state index in [0.29, 0.717) is 18.6 Å². The van der Waals surface area contributed by atoms with Crippen LogP contribution in [0.25, 0.3) is 10.4 Å². The minimum Gasteiger partial charge on any atom is -0.504 e. The van der Waals surface area contributed by atoms with Crippen LogP contribution in [-0.2, 0) is 11.8 Å². The molecule has 7 nitrogen and oxygen atoms in total. The third kappa shape index (κ3) is 1.82. The van der Waals surface area contributed by atoms with Crippen LogP contribution in [0.15, 0.2) is 17.2 Å². The summed E-state index contributed by atoms with van der Waals surface area (Å²) in [4.78, 5) is 5.55. The lowest BCUT2D eigenvalue weighted by atomic mass is 9.48. The van der Waals surface area contributed by atoms with E-state index in [2.05, 4.69) is 14.9 Å². The lowest BCUT2D eigenvalue weighted by Gasteiger charge is -2.64. The Morgan fingerprint density at radius 2 is 2.15 bits per heavy atom. The maximum atomic E-state index is 12.2. The second-order valence-corrected chi connectivity index (χ2v) is 9.10. The molecule has 1 saturated heterocycles. The van der Waals surface area contributed by atoms with Crippen molar-refractivity contribution in [1.29, 1.82) is 0 Å². The molecule has 2 heterocycles. The van der Waals surface area contributed by atoms with E-state index in [1.54, 1.807) is 6.07 Å². The molecule has 7 heteroatoms. The van der Waals surface area contributed by atoms with Gasteiger partial charge in [-0.25, -0.2) is 0 Å². The predicted octanol–water partition coefficient (Wildman–Crippen LogP) is 2.64. The molecule has 142 valence electrons. The van der Waals surface area contributed by atoms with E-state index in [4.69, 9.17) is 10.3 Å². The number of ether oxygens (including phenoxy) is 1. The van der Waals surface area contributed by atoms with Crippen LogP contribution in [0.4, 0.5) is 0 Å². The van der Waals surface area contributed by atoms with Gasteiger partial charge in [-0.1, -0.05) is 11.2 Å². The summed E-state index contributed by atoms with van der Waals surface area (Å²) in [5.41, 5.74) is 9.72. The highest BCUT2D eigenvalue weighted by atomic mass is 16.5. The number of aliphatic hydroxyl groups is 1. The summed E-state index contributed by atoms with van der Waals surface area (Å²) in [6.45, 7) is 1.98. The Kier molecular flexibility index (Phi) is 3.03. The molecule has 27 heavy (non-hydrogen) atoms. The summed E-state index contributed by atoms with van der Waals surface area (Å²) in [5.74, 6) is 1.40. The number of phenolic OH excluding ortho intramolecular Hbond substituents is 1. The lowest BCUT2D eigenvalue weighted by Crippen LogP contribution is -2.77. The quantitative estimate of drug-likeness (QED) is 0.486. The molecule has 2 bridgehead atoms. The summed E-state index contributed by atoms with van der Waals surface area (Å²) in [7, 11) is 0. The summed E-state index contributed by atoms with van der Waals surface area (Å²) in [5, 5.41) is 26.6. The van der Waals surface area contributed by atoms with Gasteiger partial charge in [-0.2, -0.15) is 0 Å². The molecule has 5 atom stereocenters. The van der Waals surface area contributed by atoms with Crippen LogP contribution in [0.2, 0.25) is 0 Å². The first-order valence-corrected chi connectivity index (χ1v) is 10.1. The number of benzene rings is 1. The van der Waals surface area contributed by atoms with Gasteiger partial charge < -0.3 is 14.9 Å². The zero-order valence-electron chi connectivity index (χ0n) is 15.2. The van der Waals surface area contributed by atoms with Gasteiger partial charge in [-0.3, -0.25) is 4.90 Å². The van der Waals surface area contributed by atoms with Crippen molar-refractivity contribution in [2.45, 2.75) is 67.7 Å². The SMILES string of the molecule is [N-]=[N+]=N[C@@H]1CC[C@@]2(O)[C@H]3Cc4ccc(O)c5c4[C@@]2(CCN3CC2CC2)[C@H]1O5. The molecule has 6 rings (SSSR count). The van der Waals surface area contributed by atoms with Crippen molar-refractivity contribution in [2.75, 3.05) is 13.1 Å². The van der Waals surface area contributed by atoms with Gasteiger partial charge in [-0.15, -0.1) is 0 Å². The van der Waals surface area contributed by atoms with Crippen molar-refractivity contribution in [3.63, 3.8) is 0 Å². The Bertz CT molecular complexity index is 880. The molecule has 0 unspecified atom stereocenters. The molecule has 1 aromatic carbocycles. The van der Waals surface area contributed by atoms with E-state index in [1.807, 2.05) is 6.07 Å². The average molecular weight is 368 g/mol. The molecule has 2 aliphatic heterocycles. The van der Waals surface area contributed by atoms with Crippen molar-refractivity contribution >= 4 is 0 Å². The van der Waals surface area contributed by atoms with E-state index in [9.17, 15) is 10.2 Å². The van der Waals surface area contributed by atoms with E-state index < -0.39 is 17.1 Å². The smallest absolute Gasteiger partial charge is 0.165 e. The second kappa shape index (κ2) is 5.10. The van der Waals surface area contributed by atoms with Crippen molar-refractivity contribution in [3.05, 3.63) is 33.7 Å². The van der Waals surface area contributed by atoms with Gasteiger partial charge in [0.25, 0.3) is 0 Å². The molecule has 0 radical (unpaired) electrons. The van der Waals surface area contributed by atoms with Crippen molar-refractivity contribution in [3.8, 4) is 11.5 Å². The summed E-state index contributed by atoms with van der Waals surface area (Å²) < 4.78 is 6.28. The number of piperidine rings is 1. The Morgan fingerprint density at radius 3 is 2.93 bits per heavy atom. The lowest BCUT2D eigenvalue weighted by molar-refractivity contribution is -0.189. The van der Waals surface area contributed by atoms with Crippen LogP contribution in [0, 0.1) is 5.92 Å². The maximum Gasteiger partial charge on any atom is 0.165 e. The number of likely N-dealkylation sites (tertiary alicyclic amines) is 1. The number of hydrogen-bond acceptors (Lipinski definition) is 5. The Labute approximate surface area is 157 Å². The van der Waals surface area contributed by atoms with Gasteiger partial charge in [0.15, 0.2) is 11.5 Å². The average Bonchev–Trinajstić information content (AvgIpc) is 3.39. The van der Waals surface area contributed by atoms with Crippen LogP contribution in [0.1, 0.15) is 43.2 Å². The van der Waals surface area contributed by atoms with Crippen molar-refractivity contribution in [2.24, 2.45) is 11.0 Å². The third-order valence-electron chi connectivity index (χ3n) is 7.93. The molecule has 3 fully saturated rings. The zero-order chi connectivity index (χ0) is 18.4. The Morgan fingerprint density at radius 1 is 1.30 bits per heavy atom.